The van der Waals surface area contributed by atoms with Gasteiger partial charge >= 0.3 is 0 Å². The molecule has 1 saturated carbocycles. The van der Waals surface area contributed by atoms with Crippen molar-refractivity contribution in [3.05, 3.63) is 58.9 Å². The normalized spacial score (nSPS) is 23.6. The summed E-state index contributed by atoms with van der Waals surface area (Å²) in [7, 11) is -3.18. The lowest BCUT2D eigenvalue weighted by atomic mass is 9.82. The Morgan fingerprint density at radius 1 is 0.979 bits per heavy atom. The molecule has 2 atom stereocenters. The van der Waals surface area contributed by atoms with Crippen LogP contribution < -0.4 is 0 Å². The number of sulfonamides is 1. The van der Waals surface area contributed by atoms with Crippen LogP contribution in [0.2, 0.25) is 0 Å². The number of carboxylic acid groups (broad SMARTS) is 1. The number of amides is 1. The van der Waals surface area contributed by atoms with E-state index in [1.807, 2.05) is 24.8 Å². The van der Waals surface area contributed by atoms with E-state index < -0.39 is 16.0 Å². The van der Waals surface area contributed by atoms with Gasteiger partial charge in [-0.2, -0.15) is 0 Å². The maximum absolute atomic E-state index is 14.5. The zero-order valence-electron chi connectivity index (χ0n) is 28.9. The molecule has 4 aliphatic rings. The lowest BCUT2D eigenvalue weighted by molar-refractivity contribution is -0.134. The average Bonchev–Trinajstić information content (AvgIpc) is 3.89. The summed E-state index contributed by atoms with van der Waals surface area (Å²) in [5, 5.41) is 7.23. The smallest absolute Gasteiger partial charge is 0.300 e. The number of carbonyl (C=O) groups excluding carboxylic acids is 1. The molecule has 0 unspecified atom stereocenters. The Balaban J connectivity index is 0.00000107. The highest BCUT2D eigenvalue weighted by molar-refractivity contribution is 7.90. The monoisotopic (exact) mass is 686 g/mol. The second-order valence-corrected chi connectivity index (χ2v) is 16.5. The Bertz CT molecular complexity index is 1550. The zero-order valence-corrected chi connectivity index (χ0v) is 29.8. The van der Waals surface area contributed by atoms with Crippen LogP contribution in [0.4, 0.5) is 4.39 Å². The van der Waals surface area contributed by atoms with E-state index in [1.54, 1.807) is 16.4 Å². The largest absolute Gasteiger partial charge is 0.481 e. The first-order chi connectivity index (χ1) is 22.7. The van der Waals surface area contributed by atoms with Crippen molar-refractivity contribution in [2.45, 2.75) is 96.0 Å². The van der Waals surface area contributed by atoms with E-state index in [0.29, 0.717) is 31.7 Å². The molecule has 48 heavy (non-hydrogen) atoms. The molecule has 2 aromatic rings. The number of piperidine rings is 2. The van der Waals surface area contributed by atoms with Crippen molar-refractivity contribution < 1.29 is 27.5 Å². The molecule has 0 radical (unpaired) electrons. The van der Waals surface area contributed by atoms with Gasteiger partial charge in [0.2, 0.25) is 10.0 Å². The quantitative estimate of drug-likeness (QED) is 0.455. The number of carboxylic acids is 1. The van der Waals surface area contributed by atoms with E-state index in [-0.39, 0.29) is 40.5 Å². The van der Waals surface area contributed by atoms with Crippen LogP contribution in [-0.2, 0) is 14.8 Å². The van der Waals surface area contributed by atoms with Gasteiger partial charge in [0.05, 0.1) is 22.2 Å². The molecular weight excluding hydrogens is 635 g/mol. The molecule has 0 spiro atoms. The molecular formula is C35H51FN6O5S. The molecule has 3 aliphatic heterocycles. The van der Waals surface area contributed by atoms with Gasteiger partial charge in [0.1, 0.15) is 12.1 Å². The van der Waals surface area contributed by atoms with Crippen LogP contribution in [-0.4, -0.2) is 117 Å². The summed E-state index contributed by atoms with van der Waals surface area (Å²) in [6.45, 7) is 14.6. The number of aryl methyl sites for hydroxylation is 2. The highest BCUT2D eigenvalue weighted by atomic mass is 32.2. The summed E-state index contributed by atoms with van der Waals surface area (Å²) < 4.78 is 42.0. The van der Waals surface area contributed by atoms with Gasteiger partial charge in [0.25, 0.3) is 11.9 Å². The number of hydrogen-bond acceptors (Lipinski definition) is 8. The predicted molar refractivity (Wildman–Crippen MR) is 181 cm³/mol. The Hall–Kier alpha value is -3.00. The fourth-order valence-electron chi connectivity index (χ4n) is 7.89. The van der Waals surface area contributed by atoms with Crippen molar-refractivity contribution in [2.75, 3.05) is 45.8 Å². The second kappa shape index (κ2) is 14.9. The lowest BCUT2D eigenvalue weighted by Gasteiger charge is -2.54. The number of halogens is 1. The molecule has 0 bridgehead atoms. The van der Waals surface area contributed by atoms with Crippen LogP contribution in [0.25, 0.3) is 0 Å². The van der Waals surface area contributed by atoms with E-state index in [1.165, 1.54) is 12.4 Å². The standard InChI is InChI=1S/C33H47FN6O3S.C2H4O2/c1-23-21-38(33(4)12-16-37(17-13-33)32(41)30-24(2)35-22-36-25(30)3)18-19-40(23)31(27-6-5-7-28(34)20-27)26-10-14-39(15-11-26)44(42,43)29-8-9-29;1-2(3)4/h5-7,20,22-23,26,29,31H,8-19,21H2,1-4H3;1H3,(H,3,4)/t23-,31+;/m1./s1. The van der Waals surface area contributed by atoms with Crippen LogP contribution >= 0.6 is 0 Å². The summed E-state index contributed by atoms with van der Waals surface area (Å²) in [5.41, 5.74) is 3.05. The third-order valence-corrected chi connectivity index (χ3v) is 13.2. The minimum Gasteiger partial charge on any atom is -0.481 e. The Labute approximate surface area is 284 Å². The summed E-state index contributed by atoms with van der Waals surface area (Å²) in [5.74, 6) is -0.779. The van der Waals surface area contributed by atoms with Gasteiger partial charge in [-0.3, -0.25) is 19.4 Å². The summed E-state index contributed by atoms with van der Waals surface area (Å²) >= 11 is 0. The SMILES string of the molecule is CC(=O)O.Cc1ncnc(C)c1C(=O)N1CCC(C)(N2CCN([C@H](c3cccc(F)c3)C3CCN(S(=O)(=O)C4CC4)CC3)[C@H](C)C2)CC1. The van der Waals surface area contributed by atoms with Crippen LogP contribution in [0.15, 0.2) is 30.6 Å². The van der Waals surface area contributed by atoms with Gasteiger partial charge < -0.3 is 10.0 Å². The zero-order chi connectivity index (χ0) is 34.8. The highest BCUT2D eigenvalue weighted by Crippen LogP contribution is 2.41. The maximum atomic E-state index is 14.5. The molecule has 264 valence electrons. The van der Waals surface area contributed by atoms with Gasteiger partial charge in [0, 0.05) is 70.4 Å². The van der Waals surface area contributed by atoms with E-state index in [9.17, 15) is 17.6 Å². The van der Waals surface area contributed by atoms with Gasteiger partial charge in [-0.05, 0) is 89.8 Å². The Kier molecular flexibility index (Phi) is 11.2. The third kappa shape index (κ3) is 8.06. The molecule has 4 heterocycles. The van der Waals surface area contributed by atoms with Crippen molar-refractivity contribution in [3.63, 3.8) is 0 Å². The molecule has 3 saturated heterocycles. The van der Waals surface area contributed by atoms with Crippen LogP contribution in [0, 0.1) is 25.6 Å². The van der Waals surface area contributed by atoms with Crippen molar-refractivity contribution >= 4 is 21.9 Å². The fraction of sp³-hybridized carbons (Fsp3) is 0.657. The molecule has 13 heteroatoms. The number of benzene rings is 1. The van der Waals surface area contributed by atoms with Crippen molar-refractivity contribution in [3.8, 4) is 0 Å². The van der Waals surface area contributed by atoms with E-state index in [4.69, 9.17) is 9.90 Å². The first-order valence-corrected chi connectivity index (χ1v) is 18.7. The molecule has 1 aliphatic carbocycles. The molecule has 11 nitrogen and oxygen atoms in total. The van der Waals surface area contributed by atoms with Gasteiger partial charge in [-0.25, -0.2) is 27.1 Å². The van der Waals surface area contributed by atoms with Gasteiger partial charge in [-0.1, -0.05) is 12.1 Å². The molecule has 4 fully saturated rings. The van der Waals surface area contributed by atoms with Crippen LogP contribution in [0.1, 0.15) is 92.6 Å². The maximum Gasteiger partial charge on any atom is 0.300 e. The van der Waals surface area contributed by atoms with Crippen molar-refractivity contribution in [1.29, 1.82) is 0 Å². The van der Waals surface area contributed by atoms with Gasteiger partial charge in [-0.15, -0.1) is 0 Å². The minimum atomic E-state index is -3.18. The number of hydrogen-bond donors (Lipinski definition) is 1. The van der Waals surface area contributed by atoms with Crippen LogP contribution in [0.3, 0.4) is 0 Å². The number of piperazine rings is 1. The highest BCUT2D eigenvalue weighted by Gasteiger charge is 2.45. The van der Waals surface area contributed by atoms with Crippen LogP contribution in [0.5, 0.6) is 0 Å². The van der Waals surface area contributed by atoms with E-state index in [2.05, 4.69) is 33.6 Å². The average molecular weight is 687 g/mol. The molecule has 1 amide bonds. The minimum absolute atomic E-state index is 0.00866. The Morgan fingerprint density at radius 2 is 1.58 bits per heavy atom. The number of aliphatic carboxylic acids is 1. The molecule has 6 rings (SSSR count). The number of aromatic nitrogens is 2. The lowest BCUT2D eigenvalue weighted by Crippen LogP contribution is -2.63. The third-order valence-electron chi connectivity index (χ3n) is 10.8. The number of likely N-dealkylation sites (tertiary alicyclic amines) is 1. The fourth-order valence-corrected chi connectivity index (χ4v) is 9.76. The first-order valence-electron chi connectivity index (χ1n) is 17.2. The molecule has 1 N–H and O–H groups in total. The van der Waals surface area contributed by atoms with Crippen molar-refractivity contribution in [1.82, 2.24) is 29.0 Å². The predicted octanol–water partition coefficient (Wildman–Crippen LogP) is 4.27. The topological polar surface area (TPSA) is 127 Å². The molecule has 1 aromatic carbocycles. The first kappa shape index (κ1) is 36.3. The molecule has 1 aromatic heterocycles. The summed E-state index contributed by atoms with van der Waals surface area (Å²) in [6.07, 6.45) is 6.45. The second-order valence-electron chi connectivity index (χ2n) is 14.2. The number of nitrogens with zero attached hydrogens (tertiary/aromatic N) is 6. The van der Waals surface area contributed by atoms with E-state index in [0.717, 1.165) is 82.0 Å². The van der Waals surface area contributed by atoms with Gasteiger partial charge in [0.15, 0.2) is 0 Å². The van der Waals surface area contributed by atoms with Crippen molar-refractivity contribution in [2.24, 2.45) is 5.92 Å². The summed E-state index contributed by atoms with van der Waals surface area (Å²) in [6, 6.07) is 7.29. The van der Waals surface area contributed by atoms with E-state index >= 15 is 0 Å². The Morgan fingerprint density at radius 3 is 2.12 bits per heavy atom. The number of carbonyl (C=O) groups is 2. The number of rotatable bonds is 7. The summed E-state index contributed by atoms with van der Waals surface area (Å²) in [4.78, 5) is 38.0.